The number of unbranched alkanes of at least 4 members (excludes halogenated alkanes) is 1. The van der Waals surface area contributed by atoms with Crippen molar-refractivity contribution in [2.24, 2.45) is 0 Å². The predicted octanol–water partition coefficient (Wildman–Crippen LogP) is 1.33. The molecule has 1 fully saturated rings. The highest BCUT2D eigenvalue weighted by molar-refractivity contribution is 4.72. The molecule has 3 nitrogen and oxygen atoms in total. The quantitative estimate of drug-likeness (QED) is 0.643. The van der Waals surface area contributed by atoms with Crippen molar-refractivity contribution < 1.29 is 14.9 Å². The summed E-state index contributed by atoms with van der Waals surface area (Å²) in [5.41, 5.74) is 0. The van der Waals surface area contributed by atoms with E-state index in [0.717, 1.165) is 6.61 Å². The second-order valence-corrected chi connectivity index (χ2v) is 3.46. The summed E-state index contributed by atoms with van der Waals surface area (Å²) in [5.74, 6) is 0. The lowest BCUT2D eigenvalue weighted by atomic mass is 10.4. The molecule has 1 aliphatic carbocycles. The number of hydrogen-bond acceptors (Lipinski definition) is 3. The van der Waals surface area contributed by atoms with Crippen LogP contribution in [0.1, 0.15) is 39.5 Å². The average molecular weight is 190 g/mol. The van der Waals surface area contributed by atoms with Gasteiger partial charge in [-0.1, -0.05) is 13.3 Å². The number of aliphatic hydroxyl groups excluding tert-OH is 2. The standard InChI is InChI=1S/C7H14O.C3H8O2/c1-2-3-6-8-7-4-5-7;1-3(5)2-4/h7H,2-6H2,1H3;3-5H,2H2,1H3. The highest BCUT2D eigenvalue weighted by Gasteiger charge is 2.21. The summed E-state index contributed by atoms with van der Waals surface area (Å²) in [7, 11) is 0. The minimum Gasteiger partial charge on any atom is -0.394 e. The van der Waals surface area contributed by atoms with Crippen LogP contribution in [0.15, 0.2) is 0 Å². The first kappa shape index (κ1) is 12.9. The van der Waals surface area contributed by atoms with E-state index in [2.05, 4.69) is 6.92 Å². The topological polar surface area (TPSA) is 49.7 Å². The molecule has 1 rings (SSSR count). The number of aliphatic hydroxyl groups is 2. The van der Waals surface area contributed by atoms with Gasteiger partial charge in [-0.2, -0.15) is 0 Å². The van der Waals surface area contributed by atoms with Crippen LogP contribution >= 0.6 is 0 Å². The minimum absolute atomic E-state index is 0.139. The van der Waals surface area contributed by atoms with Gasteiger partial charge in [0.2, 0.25) is 0 Å². The van der Waals surface area contributed by atoms with E-state index in [0.29, 0.717) is 6.10 Å². The molecule has 0 saturated heterocycles. The Hall–Kier alpha value is -0.120. The van der Waals surface area contributed by atoms with Crippen molar-refractivity contribution in [2.75, 3.05) is 13.2 Å². The molecule has 0 aromatic rings. The van der Waals surface area contributed by atoms with E-state index in [1.165, 1.54) is 32.6 Å². The van der Waals surface area contributed by atoms with E-state index in [1.54, 1.807) is 0 Å². The zero-order valence-electron chi connectivity index (χ0n) is 8.70. The highest BCUT2D eigenvalue weighted by atomic mass is 16.5. The Morgan fingerprint density at radius 1 is 1.46 bits per heavy atom. The summed E-state index contributed by atoms with van der Waals surface area (Å²) in [6.45, 7) is 4.57. The molecule has 80 valence electrons. The lowest BCUT2D eigenvalue weighted by Gasteiger charge is -1.96. The molecule has 0 bridgehead atoms. The van der Waals surface area contributed by atoms with Gasteiger partial charge in [0.1, 0.15) is 0 Å². The van der Waals surface area contributed by atoms with Gasteiger partial charge in [0.05, 0.1) is 18.8 Å². The zero-order chi connectivity index (χ0) is 10.1. The molecule has 0 aromatic heterocycles. The second-order valence-electron chi connectivity index (χ2n) is 3.46. The molecule has 1 aliphatic rings. The SMILES string of the molecule is CC(O)CO.CCCCOC1CC1. The van der Waals surface area contributed by atoms with Crippen LogP contribution in [0.25, 0.3) is 0 Å². The summed E-state index contributed by atoms with van der Waals surface area (Å²) >= 11 is 0. The van der Waals surface area contributed by atoms with Gasteiger partial charge in [0.25, 0.3) is 0 Å². The van der Waals surface area contributed by atoms with E-state index in [-0.39, 0.29) is 6.61 Å². The maximum atomic E-state index is 8.11. The molecule has 0 amide bonds. The summed E-state index contributed by atoms with van der Waals surface area (Å²) < 4.78 is 5.39. The number of rotatable bonds is 5. The monoisotopic (exact) mass is 190 g/mol. The summed E-state index contributed by atoms with van der Waals surface area (Å²) in [5, 5.41) is 16.0. The molecule has 0 aromatic carbocycles. The van der Waals surface area contributed by atoms with E-state index < -0.39 is 6.10 Å². The third-order valence-corrected chi connectivity index (χ3v) is 1.64. The van der Waals surface area contributed by atoms with Crippen LogP contribution in [0.3, 0.4) is 0 Å². The van der Waals surface area contributed by atoms with Crippen molar-refractivity contribution in [1.29, 1.82) is 0 Å². The molecule has 3 heteroatoms. The Bertz CT molecular complexity index is 100. The smallest absolute Gasteiger partial charge is 0.0742 e. The Balaban J connectivity index is 0.000000252. The van der Waals surface area contributed by atoms with Crippen LogP contribution in [-0.2, 0) is 4.74 Å². The van der Waals surface area contributed by atoms with Crippen molar-refractivity contribution in [1.82, 2.24) is 0 Å². The van der Waals surface area contributed by atoms with Crippen molar-refractivity contribution in [3.8, 4) is 0 Å². The maximum absolute atomic E-state index is 8.11. The predicted molar refractivity (Wildman–Crippen MR) is 52.6 cm³/mol. The van der Waals surface area contributed by atoms with Gasteiger partial charge in [-0.25, -0.2) is 0 Å². The summed E-state index contributed by atoms with van der Waals surface area (Å²) in [4.78, 5) is 0. The fourth-order valence-electron chi connectivity index (χ4n) is 0.629. The molecule has 2 N–H and O–H groups in total. The Morgan fingerprint density at radius 3 is 2.31 bits per heavy atom. The molecule has 0 spiro atoms. The van der Waals surface area contributed by atoms with Gasteiger partial charge in [-0.3, -0.25) is 0 Å². The van der Waals surface area contributed by atoms with E-state index in [9.17, 15) is 0 Å². The molecular formula is C10H22O3. The Morgan fingerprint density at radius 2 is 2.00 bits per heavy atom. The molecule has 0 aliphatic heterocycles. The number of hydrogen-bond donors (Lipinski definition) is 2. The Labute approximate surface area is 80.7 Å². The maximum Gasteiger partial charge on any atom is 0.0742 e. The van der Waals surface area contributed by atoms with Gasteiger partial charge in [0, 0.05) is 6.61 Å². The van der Waals surface area contributed by atoms with Crippen LogP contribution in [0.2, 0.25) is 0 Å². The van der Waals surface area contributed by atoms with Crippen LogP contribution in [0.5, 0.6) is 0 Å². The van der Waals surface area contributed by atoms with Crippen molar-refractivity contribution in [3.05, 3.63) is 0 Å². The molecular weight excluding hydrogens is 168 g/mol. The van der Waals surface area contributed by atoms with Gasteiger partial charge >= 0.3 is 0 Å². The average Bonchev–Trinajstić information content (AvgIpc) is 2.90. The normalized spacial score (nSPS) is 17.5. The third-order valence-electron chi connectivity index (χ3n) is 1.64. The third kappa shape index (κ3) is 11.9. The zero-order valence-corrected chi connectivity index (χ0v) is 8.70. The molecule has 1 unspecified atom stereocenters. The first-order valence-corrected chi connectivity index (χ1v) is 5.11. The van der Waals surface area contributed by atoms with Gasteiger partial charge in [-0.05, 0) is 26.2 Å². The first-order valence-electron chi connectivity index (χ1n) is 5.11. The van der Waals surface area contributed by atoms with Gasteiger partial charge < -0.3 is 14.9 Å². The summed E-state index contributed by atoms with van der Waals surface area (Å²) in [6.07, 6.45) is 5.20. The van der Waals surface area contributed by atoms with Gasteiger partial charge in [0.15, 0.2) is 0 Å². The molecule has 1 saturated carbocycles. The van der Waals surface area contributed by atoms with Crippen LogP contribution in [0.4, 0.5) is 0 Å². The van der Waals surface area contributed by atoms with Crippen LogP contribution in [0, 0.1) is 0 Å². The molecule has 0 heterocycles. The summed E-state index contributed by atoms with van der Waals surface area (Å²) in [6, 6.07) is 0. The van der Waals surface area contributed by atoms with E-state index >= 15 is 0 Å². The Kier molecular flexibility index (Phi) is 8.40. The fourth-order valence-corrected chi connectivity index (χ4v) is 0.629. The fraction of sp³-hybridized carbons (Fsp3) is 1.00. The van der Waals surface area contributed by atoms with Gasteiger partial charge in [-0.15, -0.1) is 0 Å². The molecule has 0 radical (unpaired) electrons. The van der Waals surface area contributed by atoms with E-state index in [1.807, 2.05) is 0 Å². The number of ether oxygens (including phenoxy) is 1. The van der Waals surface area contributed by atoms with Crippen LogP contribution < -0.4 is 0 Å². The lowest BCUT2D eigenvalue weighted by Crippen LogP contribution is -2.03. The second kappa shape index (κ2) is 8.48. The van der Waals surface area contributed by atoms with E-state index in [4.69, 9.17) is 14.9 Å². The largest absolute Gasteiger partial charge is 0.394 e. The lowest BCUT2D eigenvalue weighted by molar-refractivity contribution is 0.110. The van der Waals surface area contributed by atoms with Crippen molar-refractivity contribution >= 4 is 0 Å². The molecule has 1 atom stereocenters. The van der Waals surface area contributed by atoms with Crippen molar-refractivity contribution in [3.63, 3.8) is 0 Å². The highest BCUT2D eigenvalue weighted by Crippen LogP contribution is 2.23. The minimum atomic E-state index is -0.560. The van der Waals surface area contributed by atoms with Crippen LogP contribution in [-0.4, -0.2) is 35.6 Å². The van der Waals surface area contributed by atoms with Crippen molar-refractivity contribution in [2.45, 2.75) is 51.7 Å². The first-order chi connectivity index (χ1) is 6.20. The molecule has 13 heavy (non-hydrogen) atoms.